The summed E-state index contributed by atoms with van der Waals surface area (Å²) in [7, 11) is 0. The molecule has 0 aromatic carbocycles. The van der Waals surface area contributed by atoms with Crippen molar-refractivity contribution in [1.29, 1.82) is 0 Å². The molecule has 0 unspecified atom stereocenters. The molecule has 0 fully saturated rings. The minimum Gasteiger partial charge on any atom is -0.481 e. The first-order valence-corrected chi connectivity index (χ1v) is 14.3. The molecule has 0 heterocycles. The van der Waals surface area contributed by atoms with Crippen LogP contribution in [0.4, 0.5) is 0 Å². The summed E-state index contributed by atoms with van der Waals surface area (Å²) in [5.74, 6) is -0.327. The van der Waals surface area contributed by atoms with Crippen LogP contribution < -0.4 is 16.8 Å². The predicted octanol–water partition coefficient (Wildman–Crippen LogP) is 6.59. The fraction of sp³-hybridized carbons (Fsp3) is 0.929. The number of hydrogen-bond donors (Lipinski definition) is 4. The van der Waals surface area contributed by atoms with Crippen molar-refractivity contribution in [2.24, 2.45) is 11.5 Å². The molecule has 0 aliphatic carbocycles. The van der Waals surface area contributed by atoms with Crippen molar-refractivity contribution in [3.8, 4) is 0 Å². The fourth-order valence-electron chi connectivity index (χ4n) is 3.31. The van der Waals surface area contributed by atoms with Gasteiger partial charge in [0.15, 0.2) is 0 Å². The smallest absolute Gasteiger partial charge is 0.303 e. The van der Waals surface area contributed by atoms with Crippen molar-refractivity contribution in [2.75, 3.05) is 26.2 Å². The van der Waals surface area contributed by atoms with Crippen molar-refractivity contribution in [3.05, 3.63) is 0 Å². The second-order valence-electron chi connectivity index (χ2n) is 9.23. The average Bonchev–Trinajstić information content (AvgIpc) is 2.81. The maximum absolute atomic E-state index is 10.6. The Labute approximate surface area is 212 Å². The standard InChI is InChI=1S/C11H22O.C10H20O2.C7H19N3/c1-3-4-5-6-7-8-9-10-11(2)12;1-2-3-4-5-6-7-8-9-10(11)12;8-4-1-2-6-10-7-3-5-9/h3-10H2,1-2H3;2-9H2,1H3,(H,11,12);10H,1-9H2. The van der Waals surface area contributed by atoms with Gasteiger partial charge in [-0.15, -0.1) is 0 Å². The summed E-state index contributed by atoms with van der Waals surface area (Å²) in [6, 6.07) is 0. The van der Waals surface area contributed by atoms with E-state index in [1.807, 2.05) is 0 Å². The van der Waals surface area contributed by atoms with Gasteiger partial charge in [-0.05, 0) is 65.2 Å². The van der Waals surface area contributed by atoms with Gasteiger partial charge in [0, 0.05) is 12.8 Å². The first-order chi connectivity index (χ1) is 16.5. The summed E-state index contributed by atoms with van der Waals surface area (Å²) in [6.07, 6.45) is 21.9. The van der Waals surface area contributed by atoms with E-state index in [-0.39, 0.29) is 0 Å². The van der Waals surface area contributed by atoms with Crippen molar-refractivity contribution >= 4 is 11.8 Å². The minimum atomic E-state index is -0.663. The van der Waals surface area contributed by atoms with Crippen LogP contribution in [0.15, 0.2) is 0 Å². The Hall–Kier alpha value is -0.980. The zero-order valence-electron chi connectivity index (χ0n) is 23.2. The number of nitrogens with two attached hydrogens (primary N) is 2. The fourth-order valence-corrected chi connectivity index (χ4v) is 3.31. The number of ketones is 1. The highest BCUT2D eigenvalue weighted by molar-refractivity contribution is 5.75. The molecule has 0 rings (SSSR count). The van der Waals surface area contributed by atoms with Crippen molar-refractivity contribution in [2.45, 2.75) is 143 Å². The zero-order chi connectivity index (χ0) is 26.1. The summed E-state index contributed by atoms with van der Waals surface area (Å²) in [4.78, 5) is 20.7. The van der Waals surface area contributed by atoms with Gasteiger partial charge < -0.3 is 26.7 Å². The molecule has 0 atom stereocenters. The Balaban J connectivity index is -0.000000426. The molecular weight excluding hydrogens is 426 g/mol. The maximum atomic E-state index is 10.6. The summed E-state index contributed by atoms with van der Waals surface area (Å²) in [5.41, 5.74) is 10.6. The largest absolute Gasteiger partial charge is 0.481 e. The maximum Gasteiger partial charge on any atom is 0.303 e. The van der Waals surface area contributed by atoms with E-state index in [0.717, 1.165) is 64.7 Å². The van der Waals surface area contributed by atoms with Crippen LogP contribution >= 0.6 is 0 Å². The number of unbranched alkanes of at least 4 members (excludes halogenated alkanes) is 13. The molecule has 206 valence electrons. The topological polar surface area (TPSA) is 118 Å². The first kappa shape index (κ1) is 37.6. The van der Waals surface area contributed by atoms with Gasteiger partial charge in [0.2, 0.25) is 0 Å². The Morgan fingerprint density at radius 3 is 1.41 bits per heavy atom. The lowest BCUT2D eigenvalue weighted by atomic mass is 10.1. The third-order valence-electron chi connectivity index (χ3n) is 5.49. The van der Waals surface area contributed by atoms with Crippen molar-refractivity contribution in [1.82, 2.24) is 5.32 Å². The number of Topliss-reactive ketones (excluding diaryl/α,β-unsaturated/α-hetero) is 1. The molecule has 0 radical (unpaired) electrons. The summed E-state index contributed by atoms with van der Waals surface area (Å²) < 4.78 is 0. The number of nitrogens with one attached hydrogen (secondary N) is 1. The molecule has 0 saturated heterocycles. The van der Waals surface area contributed by atoms with Gasteiger partial charge in [0.25, 0.3) is 0 Å². The quantitative estimate of drug-likeness (QED) is 0.121. The Morgan fingerprint density at radius 1 is 0.588 bits per heavy atom. The van der Waals surface area contributed by atoms with Gasteiger partial charge >= 0.3 is 5.97 Å². The molecule has 6 nitrogen and oxygen atoms in total. The summed E-state index contributed by atoms with van der Waals surface area (Å²) in [6.45, 7) is 9.82. The van der Waals surface area contributed by atoms with Gasteiger partial charge in [-0.1, -0.05) is 90.9 Å². The third kappa shape index (κ3) is 48.5. The molecule has 0 amide bonds. The average molecular weight is 488 g/mol. The van der Waals surface area contributed by atoms with E-state index in [2.05, 4.69) is 19.2 Å². The molecule has 0 aromatic rings. The monoisotopic (exact) mass is 487 g/mol. The Kier molecular flexibility index (Phi) is 40.4. The van der Waals surface area contributed by atoms with E-state index in [1.54, 1.807) is 6.92 Å². The van der Waals surface area contributed by atoms with Crippen LogP contribution in [0, 0.1) is 0 Å². The van der Waals surface area contributed by atoms with Gasteiger partial charge in [-0.3, -0.25) is 4.79 Å². The number of carbonyl (C=O) groups is 2. The van der Waals surface area contributed by atoms with Crippen LogP contribution in [0.5, 0.6) is 0 Å². The molecule has 0 aliphatic heterocycles. The predicted molar refractivity (Wildman–Crippen MR) is 148 cm³/mol. The molecule has 0 saturated carbocycles. The van der Waals surface area contributed by atoms with E-state index >= 15 is 0 Å². The second-order valence-corrected chi connectivity index (χ2v) is 9.23. The minimum absolute atomic E-state index is 0.337. The summed E-state index contributed by atoms with van der Waals surface area (Å²) in [5, 5.41) is 11.6. The normalized spacial score (nSPS) is 10.1. The van der Waals surface area contributed by atoms with Gasteiger partial charge in [0.1, 0.15) is 5.78 Å². The van der Waals surface area contributed by atoms with E-state index < -0.39 is 5.97 Å². The number of aliphatic carboxylic acids is 1. The summed E-state index contributed by atoms with van der Waals surface area (Å²) >= 11 is 0. The second kappa shape index (κ2) is 36.6. The van der Waals surface area contributed by atoms with Crippen LogP contribution in [-0.4, -0.2) is 43.0 Å². The third-order valence-corrected chi connectivity index (χ3v) is 5.49. The SMILES string of the molecule is CCCCCCCCCC(=O)O.CCCCCCCCCC(C)=O.NCCCCNCCCN. The van der Waals surface area contributed by atoms with E-state index in [9.17, 15) is 9.59 Å². The molecule has 0 aliphatic rings. The van der Waals surface area contributed by atoms with E-state index in [0.29, 0.717) is 12.2 Å². The Morgan fingerprint density at radius 2 is 1.00 bits per heavy atom. The van der Waals surface area contributed by atoms with Crippen molar-refractivity contribution in [3.63, 3.8) is 0 Å². The molecule has 6 heteroatoms. The zero-order valence-corrected chi connectivity index (χ0v) is 23.2. The van der Waals surface area contributed by atoms with Crippen LogP contribution in [0.2, 0.25) is 0 Å². The highest BCUT2D eigenvalue weighted by Gasteiger charge is 1.96. The molecule has 34 heavy (non-hydrogen) atoms. The lowest BCUT2D eigenvalue weighted by Crippen LogP contribution is -2.19. The molecule has 0 bridgehead atoms. The highest BCUT2D eigenvalue weighted by atomic mass is 16.4. The number of carboxylic acids is 1. The van der Waals surface area contributed by atoms with E-state index in [1.165, 1.54) is 77.0 Å². The van der Waals surface area contributed by atoms with Crippen LogP contribution in [0.25, 0.3) is 0 Å². The first-order valence-electron chi connectivity index (χ1n) is 14.3. The number of carbonyl (C=O) groups excluding carboxylic acids is 1. The number of hydrogen-bond acceptors (Lipinski definition) is 5. The van der Waals surface area contributed by atoms with Gasteiger partial charge in [0.05, 0.1) is 0 Å². The van der Waals surface area contributed by atoms with E-state index in [4.69, 9.17) is 16.6 Å². The van der Waals surface area contributed by atoms with Crippen LogP contribution in [-0.2, 0) is 9.59 Å². The van der Waals surface area contributed by atoms with Gasteiger partial charge in [-0.25, -0.2) is 0 Å². The highest BCUT2D eigenvalue weighted by Crippen LogP contribution is 2.09. The van der Waals surface area contributed by atoms with Crippen LogP contribution in [0.1, 0.15) is 143 Å². The Bertz CT molecular complexity index is 357. The molecular formula is C28H61N3O3. The van der Waals surface area contributed by atoms with Gasteiger partial charge in [-0.2, -0.15) is 0 Å². The lowest BCUT2D eigenvalue weighted by molar-refractivity contribution is -0.137. The molecule has 0 spiro atoms. The number of rotatable bonds is 23. The molecule has 0 aromatic heterocycles. The van der Waals surface area contributed by atoms with Crippen LogP contribution in [0.3, 0.4) is 0 Å². The molecule has 6 N–H and O–H groups in total. The lowest BCUT2D eigenvalue weighted by Gasteiger charge is -2.01. The number of carboxylic acid groups (broad SMARTS) is 1. The van der Waals surface area contributed by atoms with Crippen molar-refractivity contribution < 1.29 is 14.7 Å².